The molecule has 4 rings (SSSR count). The van der Waals surface area contributed by atoms with E-state index in [9.17, 15) is 18.0 Å². The van der Waals surface area contributed by atoms with Gasteiger partial charge < -0.3 is 14.8 Å². The lowest BCUT2D eigenvalue weighted by atomic mass is 10.00. The van der Waals surface area contributed by atoms with Crippen molar-refractivity contribution in [3.8, 4) is 16.9 Å². The Bertz CT molecular complexity index is 1240. The van der Waals surface area contributed by atoms with Crippen LogP contribution in [0.3, 0.4) is 0 Å². The molecule has 25 heavy (non-hydrogen) atoms. The topological polar surface area (TPSA) is 114 Å². The molecule has 2 heterocycles. The van der Waals surface area contributed by atoms with Crippen molar-refractivity contribution in [2.24, 2.45) is 0 Å². The molecule has 0 unspecified atom stereocenters. The number of ether oxygens (including phenoxy) is 1. The molecule has 0 radical (unpaired) electrons. The van der Waals surface area contributed by atoms with E-state index in [4.69, 9.17) is 9.84 Å². The summed E-state index contributed by atoms with van der Waals surface area (Å²) in [7, 11) is -2.46. The summed E-state index contributed by atoms with van der Waals surface area (Å²) >= 11 is 0. The number of carbonyl (C=O) groups is 1. The van der Waals surface area contributed by atoms with E-state index in [1.165, 1.54) is 25.3 Å². The number of aromatic carboxylic acids is 1. The zero-order valence-corrected chi connectivity index (χ0v) is 13.7. The number of benzene rings is 2. The molecule has 7 nitrogen and oxygen atoms in total. The summed E-state index contributed by atoms with van der Waals surface area (Å²) in [6, 6.07) is 8.50. The van der Waals surface area contributed by atoms with Crippen LogP contribution in [0.2, 0.25) is 0 Å². The lowest BCUT2D eigenvalue weighted by molar-refractivity contribution is 0.0691. The first-order valence-electron chi connectivity index (χ1n) is 7.22. The molecule has 2 N–H and O–H groups in total. The lowest BCUT2D eigenvalue weighted by Gasteiger charge is -2.06. The predicted octanol–water partition coefficient (Wildman–Crippen LogP) is 2.05. The highest BCUT2D eigenvalue weighted by molar-refractivity contribution is 7.92. The molecule has 1 aromatic heterocycles. The third-order valence-electron chi connectivity index (χ3n) is 4.22. The summed E-state index contributed by atoms with van der Waals surface area (Å²) in [4.78, 5) is 26.3. The minimum absolute atomic E-state index is 0.00748. The van der Waals surface area contributed by atoms with Crippen LogP contribution in [-0.2, 0) is 9.84 Å². The smallest absolute Gasteiger partial charge is 0.352 e. The number of aromatic amines is 1. The van der Waals surface area contributed by atoms with Gasteiger partial charge >= 0.3 is 5.97 Å². The van der Waals surface area contributed by atoms with Crippen molar-refractivity contribution in [2.75, 3.05) is 7.11 Å². The molecule has 1 aliphatic rings. The first-order chi connectivity index (χ1) is 11.9. The maximum absolute atomic E-state index is 12.9. The molecule has 0 saturated heterocycles. The van der Waals surface area contributed by atoms with Gasteiger partial charge in [-0.3, -0.25) is 4.79 Å². The maximum atomic E-state index is 12.9. The average molecular weight is 357 g/mol. The SMILES string of the molecule is COc1cccc2c1S(=O)(=O)c1ccc3[nH]c(C(=O)O)cc(=O)c3c1-2. The zero-order chi connectivity index (χ0) is 17.9. The second-order valence-electron chi connectivity index (χ2n) is 5.55. The summed E-state index contributed by atoms with van der Waals surface area (Å²) in [5.74, 6) is -1.07. The number of hydrogen-bond donors (Lipinski definition) is 2. The molecule has 0 saturated carbocycles. The minimum atomic E-state index is -3.84. The van der Waals surface area contributed by atoms with E-state index in [1.807, 2.05) is 0 Å². The van der Waals surface area contributed by atoms with Gasteiger partial charge in [0.1, 0.15) is 16.3 Å². The molecule has 3 aromatic rings. The quantitative estimate of drug-likeness (QED) is 0.568. The summed E-state index contributed by atoms with van der Waals surface area (Å²) in [6.45, 7) is 0. The van der Waals surface area contributed by atoms with Crippen LogP contribution in [0.5, 0.6) is 5.75 Å². The van der Waals surface area contributed by atoms with E-state index >= 15 is 0 Å². The van der Waals surface area contributed by atoms with Crippen molar-refractivity contribution in [3.05, 3.63) is 52.3 Å². The Kier molecular flexibility index (Phi) is 3.04. The minimum Gasteiger partial charge on any atom is -0.495 e. The molecular weight excluding hydrogens is 346 g/mol. The maximum Gasteiger partial charge on any atom is 0.352 e. The van der Waals surface area contributed by atoms with Gasteiger partial charge in [0.15, 0.2) is 5.43 Å². The van der Waals surface area contributed by atoms with Gasteiger partial charge in [0.2, 0.25) is 9.84 Å². The highest BCUT2D eigenvalue weighted by Crippen LogP contribution is 2.49. The van der Waals surface area contributed by atoms with E-state index < -0.39 is 21.2 Å². The van der Waals surface area contributed by atoms with Crippen LogP contribution < -0.4 is 10.2 Å². The van der Waals surface area contributed by atoms with Gasteiger partial charge in [0, 0.05) is 17.2 Å². The fourth-order valence-corrected chi connectivity index (χ4v) is 5.02. The van der Waals surface area contributed by atoms with Crippen LogP contribution in [0.15, 0.2) is 51.0 Å². The molecule has 1 aliphatic heterocycles. The number of fused-ring (bicyclic) bond motifs is 5. The number of carboxylic acid groups (broad SMARTS) is 1. The Labute approximate surface area is 141 Å². The zero-order valence-electron chi connectivity index (χ0n) is 12.9. The van der Waals surface area contributed by atoms with Gasteiger partial charge in [0.25, 0.3) is 0 Å². The summed E-state index contributed by atoms with van der Waals surface area (Å²) in [5.41, 5.74) is 0.0747. The average Bonchev–Trinajstić information content (AvgIpc) is 2.82. The molecule has 0 fully saturated rings. The van der Waals surface area contributed by atoms with Crippen molar-refractivity contribution >= 4 is 26.7 Å². The molecule has 0 aliphatic carbocycles. The van der Waals surface area contributed by atoms with Gasteiger partial charge in [-0.1, -0.05) is 12.1 Å². The lowest BCUT2D eigenvalue weighted by Crippen LogP contribution is -2.10. The fourth-order valence-electron chi connectivity index (χ4n) is 3.20. The van der Waals surface area contributed by atoms with E-state index in [1.54, 1.807) is 12.1 Å². The second kappa shape index (κ2) is 4.93. The van der Waals surface area contributed by atoms with Gasteiger partial charge in [-0.15, -0.1) is 0 Å². The van der Waals surface area contributed by atoms with Gasteiger partial charge in [-0.25, -0.2) is 13.2 Å². The Morgan fingerprint density at radius 1 is 1.20 bits per heavy atom. The number of aromatic nitrogens is 1. The van der Waals surface area contributed by atoms with E-state index in [-0.39, 0.29) is 37.7 Å². The Balaban J connectivity index is 2.22. The number of pyridine rings is 1. The van der Waals surface area contributed by atoms with Crippen LogP contribution in [0.25, 0.3) is 22.0 Å². The number of H-pyrrole nitrogens is 1. The van der Waals surface area contributed by atoms with Crippen LogP contribution >= 0.6 is 0 Å². The Morgan fingerprint density at radius 2 is 1.96 bits per heavy atom. The van der Waals surface area contributed by atoms with Gasteiger partial charge in [-0.05, 0) is 18.2 Å². The summed E-state index contributed by atoms with van der Waals surface area (Å²) in [5, 5.41) is 9.23. The Morgan fingerprint density at radius 3 is 2.64 bits per heavy atom. The Hall–Kier alpha value is -3.13. The number of hydrogen-bond acceptors (Lipinski definition) is 5. The fraction of sp³-hybridized carbons (Fsp3) is 0.0588. The van der Waals surface area contributed by atoms with Crippen molar-refractivity contribution in [1.82, 2.24) is 4.98 Å². The second-order valence-corrected chi connectivity index (χ2v) is 7.41. The van der Waals surface area contributed by atoms with Crippen LogP contribution in [0, 0.1) is 0 Å². The molecule has 0 bridgehead atoms. The standard InChI is InChI=1S/C17H11NO6S/c1-24-12-4-2-3-8-14-13(25(22,23)16(8)12)6-5-9-15(14)11(19)7-10(18-9)17(20)21/h2-7H,1H3,(H,18,19)(H,20,21). The van der Waals surface area contributed by atoms with Crippen LogP contribution in [0.4, 0.5) is 0 Å². The van der Waals surface area contributed by atoms with Crippen molar-refractivity contribution in [2.45, 2.75) is 9.79 Å². The van der Waals surface area contributed by atoms with E-state index in [2.05, 4.69) is 4.98 Å². The molecule has 0 spiro atoms. The van der Waals surface area contributed by atoms with Crippen molar-refractivity contribution in [3.63, 3.8) is 0 Å². The third kappa shape index (κ3) is 1.94. The molecule has 2 aromatic carbocycles. The van der Waals surface area contributed by atoms with E-state index in [0.29, 0.717) is 5.56 Å². The summed E-state index contributed by atoms with van der Waals surface area (Å²) < 4.78 is 31.0. The highest BCUT2D eigenvalue weighted by Gasteiger charge is 2.37. The predicted molar refractivity (Wildman–Crippen MR) is 89.0 cm³/mol. The first-order valence-corrected chi connectivity index (χ1v) is 8.70. The van der Waals surface area contributed by atoms with Crippen molar-refractivity contribution in [1.29, 1.82) is 0 Å². The van der Waals surface area contributed by atoms with Crippen LogP contribution in [-0.4, -0.2) is 31.6 Å². The van der Waals surface area contributed by atoms with Crippen molar-refractivity contribution < 1.29 is 23.1 Å². The summed E-state index contributed by atoms with van der Waals surface area (Å²) in [6.07, 6.45) is 0. The first kappa shape index (κ1) is 15.4. The molecule has 126 valence electrons. The molecule has 8 heteroatoms. The third-order valence-corrected chi connectivity index (χ3v) is 6.09. The van der Waals surface area contributed by atoms with Crippen LogP contribution in [0.1, 0.15) is 10.5 Å². The molecule has 0 atom stereocenters. The largest absolute Gasteiger partial charge is 0.495 e. The molecule has 0 amide bonds. The monoisotopic (exact) mass is 357 g/mol. The van der Waals surface area contributed by atoms with Gasteiger partial charge in [0.05, 0.1) is 22.9 Å². The normalized spacial score (nSPS) is 14.1. The number of nitrogens with one attached hydrogen (secondary N) is 1. The number of carboxylic acids is 1. The van der Waals surface area contributed by atoms with Gasteiger partial charge in [-0.2, -0.15) is 0 Å². The van der Waals surface area contributed by atoms with E-state index in [0.717, 1.165) is 6.07 Å². The number of methoxy groups -OCH3 is 1. The number of sulfone groups is 1. The highest BCUT2D eigenvalue weighted by atomic mass is 32.2. The molecular formula is C17H11NO6S. The number of rotatable bonds is 2.